The number of nitrogens with one attached hydrogen (secondary N) is 1. The third-order valence-electron chi connectivity index (χ3n) is 7.29. The fraction of sp³-hybridized carbons (Fsp3) is 0.312. The third-order valence-corrected chi connectivity index (χ3v) is 7.29. The van der Waals surface area contributed by atoms with Gasteiger partial charge in [-0.1, -0.05) is 24.3 Å². The minimum absolute atomic E-state index is 0.0673. The molecule has 0 saturated heterocycles. The maximum Gasteiger partial charge on any atom is 0.305 e. The van der Waals surface area contributed by atoms with E-state index in [0.29, 0.717) is 30.0 Å². The molecule has 0 amide bonds. The van der Waals surface area contributed by atoms with Crippen molar-refractivity contribution in [3.05, 3.63) is 66.2 Å². The van der Waals surface area contributed by atoms with Crippen LogP contribution in [0.15, 0.2) is 60.7 Å². The van der Waals surface area contributed by atoms with Crippen LogP contribution >= 0.6 is 0 Å². The van der Waals surface area contributed by atoms with Crippen LogP contribution in [0.4, 0.5) is 11.4 Å². The molecule has 9 heteroatoms. The number of nitrogens with zero attached hydrogens (tertiary/aromatic N) is 3. The van der Waals surface area contributed by atoms with Gasteiger partial charge in [0.25, 0.3) is 0 Å². The summed E-state index contributed by atoms with van der Waals surface area (Å²) in [6, 6.07) is 19.7. The maximum absolute atomic E-state index is 11.1. The molecule has 0 unspecified atom stereocenters. The van der Waals surface area contributed by atoms with Gasteiger partial charge in [0.05, 0.1) is 31.5 Å². The first-order valence-corrected chi connectivity index (χ1v) is 13.9. The van der Waals surface area contributed by atoms with Crippen molar-refractivity contribution in [2.75, 3.05) is 43.1 Å². The molecule has 0 radical (unpaired) electrons. The minimum atomic E-state index is -0.823. The van der Waals surface area contributed by atoms with Crippen LogP contribution in [0.1, 0.15) is 32.8 Å². The molecule has 1 heterocycles. The molecule has 0 fully saturated rings. The molecule has 0 atom stereocenters. The highest BCUT2D eigenvalue weighted by atomic mass is 16.5. The predicted molar refractivity (Wildman–Crippen MR) is 163 cm³/mol. The topological polar surface area (TPSA) is 122 Å². The highest BCUT2D eigenvalue weighted by molar-refractivity contribution is 5.83. The first-order chi connectivity index (χ1) is 19.8. The molecule has 0 saturated carbocycles. The summed E-state index contributed by atoms with van der Waals surface area (Å²) in [6.45, 7) is 8.87. The number of ether oxygens (including phenoxy) is 1. The summed E-state index contributed by atoms with van der Waals surface area (Å²) in [6.07, 6.45) is 0.0673. The van der Waals surface area contributed by atoms with Gasteiger partial charge in [0, 0.05) is 59.8 Å². The van der Waals surface area contributed by atoms with Crippen LogP contribution in [-0.2, 0) is 11.4 Å². The van der Waals surface area contributed by atoms with E-state index in [4.69, 9.17) is 14.8 Å². The number of hydrogen-bond donors (Lipinski definition) is 4. The summed E-state index contributed by atoms with van der Waals surface area (Å²) in [7, 11) is 1.47. The Hall–Kier alpha value is -4.50. The van der Waals surface area contributed by atoms with Crippen LogP contribution in [0, 0.1) is 0 Å². The lowest BCUT2D eigenvalue weighted by Crippen LogP contribution is -2.25. The zero-order valence-electron chi connectivity index (χ0n) is 24.0. The average molecular weight is 559 g/mol. The zero-order valence-corrected chi connectivity index (χ0v) is 24.0. The van der Waals surface area contributed by atoms with Crippen molar-refractivity contribution in [1.82, 2.24) is 9.97 Å². The van der Waals surface area contributed by atoms with Gasteiger partial charge in [-0.25, -0.2) is 4.98 Å². The van der Waals surface area contributed by atoms with E-state index in [1.165, 1.54) is 7.11 Å². The Labute approximate surface area is 240 Å². The highest BCUT2D eigenvalue weighted by Gasteiger charge is 2.19. The summed E-state index contributed by atoms with van der Waals surface area (Å²) in [5.41, 5.74) is 6.51. The minimum Gasteiger partial charge on any atom is -0.504 e. The standard InChI is InChI=1S/C32H38N4O5/c1-5-35(6-2)25-12-8-21(9-13-25)29-30(22-10-14-26(15-11-22)36(7-3)17-16-28(38)39)34-32(33-29)23-18-24(20-37)31(40)27(19-23)41-4/h8-15,18-19,37,40H,5-7,16-17,20H2,1-4H3,(H,33,34)(H,38,39). The first kappa shape index (κ1) is 29.5. The van der Waals surface area contributed by atoms with Crippen molar-refractivity contribution >= 4 is 17.3 Å². The van der Waals surface area contributed by atoms with E-state index in [2.05, 4.69) is 48.0 Å². The molecular formula is C32H38N4O5. The average Bonchev–Trinajstić information content (AvgIpc) is 3.44. The monoisotopic (exact) mass is 558 g/mol. The summed E-state index contributed by atoms with van der Waals surface area (Å²) < 4.78 is 5.34. The lowest BCUT2D eigenvalue weighted by Gasteiger charge is -2.22. The molecule has 4 N–H and O–H groups in total. The fourth-order valence-electron chi connectivity index (χ4n) is 4.96. The number of aromatic hydroxyl groups is 1. The number of imidazole rings is 1. The second-order valence-electron chi connectivity index (χ2n) is 9.64. The number of aliphatic carboxylic acids is 1. The first-order valence-electron chi connectivity index (χ1n) is 13.9. The maximum atomic E-state index is 11.1. The molecule has 41 heavy (non-hydrogen) atoms. The van der Waals surface area contributed by atoms with E-state index >= 15 is 0 Å². The van der Waals surface area contributed by atoms with E-state index in [9.17, 15) is 15.0 Å². The number of methoxy groups -OCH3 is 1. The molecule has 3 aromatic carbocycles. The molecule has 216 valence electrons. The molecule has 0 bridgehead atoms. The number of hydrogen-bond acceptors (Lipinski definition) is 7. The molecule has 9 nitrogen and oxygen atoms in total. The number of carboxylic acids is 1. The Kier molecular flexibility index (Phi) is 9.52. The quantitative estimate of drug-likeness (QED) is 0.163. The highest BCUT2D eigenvalue weighted by Crippen LogP contribution is 2.38. The van der Waals surface area contributed by atoms with Gasteiger partial charge >= 0.3 is 5.97 Å². The van der Waals surface area contributed by atoms with Crippen molar-refractivity contribution in [2.45, 2.75) is 33.8 Å². The van der Waals surface area contributed by atoms with E-state index in [-0.39, 0.29) is 24.5 Å². The van der Waals surface area contributed by atoms with Gasteiger partial charge in [-0.05, 0) is 57.2 Å². The van der Waals surface area contributed by atoms with Gasteiger partial charge in [-0.15, -0.1) is 0 Å². The Morgan fingerprint density at radius 1 is 0.878 bits per heavy atom. The summed E-state index contributed by atoms with van der Waals surface area (Å²) in [4.78, 5) is 23.9. The third kappa shape index (κ3) is 6.47. The van der Waals surface area contributed by atoms with E-state index in [0.717, 1.165) is 47.0 Å². The van der Waals surface area contributed by atoms with E-state index in [1.807, 2.05) is 36.1 Å². The lowest BCUT2D eigenvalue weighted by atomic mass is 10.0. The molecular weight excluding hydrogens is 520 g/mol. The number of benzene rings is 3. The number of phenols is 1. The van der Waals surface area contributed by atoms with Crippen LogP contribution < -0.4 is 14.5 Å². The number of aromatic amines is 1. The second kappa shape index (κ2) is 13.2. The van der Waals surface area contributed by atoms with Gasteiger partial charge in [0.1, 0.15) is 5.82 Å². The fourth-order valence-corrected chi connectivity index (χ4v) is 4.96. The summed E-state index contributed by atoms with van der Waals surface area (Å²) >= 11 is 0. The Morgan fingerprint density at radius 2 is 1.46 bits per heavy atom. The number of aliphatic hydroxyl groups is 1. The Bertz CT molecular complexity index is 1440. The smallest absolute Gasteiger partial charge is 0.305 e. The van der Waals surface area contributed by atoms with Gasteiger partial charge in [0.15, 0.2) is 11.5 Å². The molecule has 4 rings (SSSR count). The van der Waals surface area contributed by atoms with Crippen molar-refractivity contribution in [3.63, 3.8) is 0 Å². The number of rotatable bonds is 13. The van der Waals surface area contributed by atoms with Gasteiger partial charge in [-0.2, -0.15) is 0 Å². The van der Waals surface area contributed by atoms with E-state index < -0.39 is 5.97 Å². The number of anilines is 2. The van der Waals surface area contributed by atoms with Crippen molar-refractivity contribution < 1.29 is 24.9 Å². The zero-order chi connectivity index (χ0) is 29.5. The molecule has 0 aliphatic carbocycles. The van der Waals surface area contributed by atoms with Gasteiger partial charge in [-0.3, -0.25) is 4.79 Å². The largest absolute Gasteiger partial charge is 0.504 e. The second-order valence-corrected chi connectivity index (χ2v) is 9.64. The number of aliphatic hydroxyl groups excluding tert-OH is 1. The van der Waals surface area contributed by atoms with Crippen LogP contribution in [-0.4, -0.2) is 64.5 Å². The SMILES string of the molecule is CCN(CC)c1ccc(-c2[nH]c(-c3cc(CO)c(O)c(OC)c3)nc2-c2ccc(N(CC)CCC(=O)O)cc2)cc1. The summed E-state index contributed by atoms with van der Waals surface area (Å²) in [5, 5.41) is 29.3. The van der Waals surface area contributed by atoms with Gasteiger partial charge < -0.3 is 34.8 Å². The number of H-pyrrole nitrogens is 1. The van der Waals surface area contributed by atoms with Crippen LogP contribution in [0.3, 0.4) is 0 Å². The van der Waals surface area contributed by atoms with Crippen LogP contribution in [0.5, 0.6) is 11.5 Å². The predicted octanol–water partition coefficient (Wildman–Crippen LogP) is 5.76. The van der Waals surface area contributed by atoms with Gasteiger partial charge in [0.2, 0.25) is 0 Å². The molecule has 1 aromatic heterocycles. The van der Waals surface area contributed by atoms with Crippen LogP contribution in [0.2, 0.25) is 0 Å². The van der Waals surface area contributed by atoms with Crippen LogP contribution in [0.25, 0.3) is 33.9 Å². The van der Waals surface area contributed by atoms with Crippen molar-refractivity contribution in [2.24, 2.45) is 0 Å². The molecule has 0 aliphatic heterocycles. The van der Waals surface area contributed by atoms with E-state index in [1.54, 1.807) is 12.1 Å². The number of aromatic nitrogens is 2. The summed E-state index contributed by atoms with van der Waals surface area (Å²) in [5.74, 6) is -0.107. The number of carboxylic acid groups (broad SMARTS) is 1. The Morgan fingerprint density at radius 3 is 2.00 bits per heavy atom. The molecule has 0 aliphatic rings. The van der Waals surface area contributed by atoms with Crippen molar-refractivity contribution in [1.29, 1.82) is 0 Å². The molecule has 0 spiro atoms. The lowest BCUT2D eigenvalue weighted by molar-refractivity contribution is -0.136. The van der Waals surface area contributed by atoms with Crippen molar-refractivity contribution in [3.8, 4) is 45.4 Å². The molecule has 4 aromatic rings. The normalized spacial score (nSPS) is 11.0. The number of carbonyl (C=O) groups is 1. The Balaban J connectivity index is 1.80.